The molecule has 4 aromatic carbocycles. The van der Waals surface area contributed by atoms with Crippen molar-refractivity contribution in [2.75, 3.05) is 33.9 Å². The van der Waals surface area contributed by atoms with Crippen LogP contribution in [-0.4, -0.2) is 74.1 Å². The fraction of sp³-hybridized carbons (Fsp3) is 0.381. The van der Waals surface area contributed by atoms with Gasteiger partial charge in [-0.1, -0.05) is 91.0 Å². The van der Waals surface area contributed by atoms with Crippen molar-refractivity contribution in [2.24, 2.45) is 0 Å². The molecule has 10 heteroatoms. The number of aliphatic hydroxyl groups excluding tert-OH is 1. The van der Waals surface area contributed by atoms with Crippen molar-refractivity contribution in [3.63, 3.8) is 0 Å². The van der Waals surface area contributed by atoms with Crippen LogP contribution in [0.3, 0.4) is 0 Å². The second-order valence-corrected chi connectivity index (χ2v) is 13.5. The van der Waals surface area contributed by atoms with Gasteiger partial charge in [0.15, 0.2) is 6.29 Å². The molecule has 52 heavy (non-hydrogen) atoms. The summed E-state index contributed by atoms with van der Waals surface area (Å²) in [6, 6.07) is 32.8. The van der Waals surface area contributed by atoms with Crippen molar-refractivity contribution >= 4 is 12.0 Å². The molecule has 6 rings (SSSR count). The first-order chi connectivity index (χ1) is 25.4. The van der Waals surface area contributed by atoms with Crippen LogP contribution < -0.4 is 10.6 Å². The molecule has 2 saturated heterocycles. The van der Waals surface area contributed by atoms with E-state index in [1.54, 1.807) is 7.11 Å². The predicted octanol–water partition coefficient (Wildman–Crippen LogP) is 6.09. The lowest BCUT2D eigenvalue weighted by atomic mass is 9.98. The monoisotopic (exact) mass is 707 g/mol. The molecule has 0 aromatic heterocycles. The van der Waals surface area contributed by atoms with Crippen molar-refractivity contribution in [1.82, 2.24) is 15.5 Å². The third-order valence-corrected chi connectivity index (χ3v) is 9.86. The van der Waals surface area contributed by atoms with E-state index in [0.29, 0.717) is 19.1 Å². The number of likely N-dealkylation sites (tertiary alicyclic amines) is 1. The molecule has 5 atom stereocenters. The molecule has 0 unspecified atom stereocenters. The van der Waals surface area contributed by atoms with E-state index in [1.165, 1.54) is 7.11 Å². The molecule has 0 spiro atoms. The van der Waals surface area contributed by atoms with Crippen molar-refractivity contribution in [3.8, 4) is 11.1 Å². The first-order valence-electron chi connectivity index (χ1n) is 18.0. The van der Waals surface area contributed by atoms with Crippen molar-refractivity contribution in [2.45, 2.75) is 69.4 Å². The minimum Gasteiger partial charge on any atom is -0.467 e. The second-order valence-electron chi connectivity index (χ2n) is 13.5. The summed E-state index contributed by atoms with van der Waals surface area (Å²) >= 11 is 0. The van der Waals surface area contributed by atoms with Crippen LogP contribution in [0.5, 0.6) is 0 Å². The highest BCUT2D eigenvalue weighted by molar-refractivity contribution is 5.83. The molecular weight excluding hydrogens is 658 g/mol. The number of urea groups is 1. The number of rotatable bonds is 14. The molecule has 2 aliphatic heterocycles. The number of hydrogen-bond donors (Lipinski definition) is 3. The highest BCUT2D eigenvalue weighted by atomic mass is 16.7. The lowest BCUT2D eigenvalue weighted by Crippen LogP contribution is -2.47. The number of nitrogens with one attached hydrogen (secondary N) is 2. The van der Waals surface area contributed by atoms with Crippen LogP contribution in [0.25, 0.3) is 11.1 Å². The third kappa shape index (κ3) is 9.84. The minimum atomic E-state index is -0.813. The van der Waals surface area contributed by atoms with Gasteiger partial charge in [0.25, 0.3) is 0 Å². The molecule has 2 heterocycles. The van der Waals surface area contributed by atoms with Gasteiger partial charge in [0.05, 0.1) is 32.5 Å². The number of hydrogen-bond acceptors (Lipinski definition) is 8. The standard InChI is InChI=1S/C42H49N3O7/c1-49-28-36-15-8-20-45(36)26-37-24-39(32-18-16-30(27-46)17-19-32)52-41(51-37)35-14-7-13-34(23-35)33-12-6-11-31(21-33)25-43-42(48)44-38(40(47)50-2)22-29-9-4-3-5-10-29/h3-7,9-14,16-19,21,23,36-39,41,46H,8,15,20,22,24-28H2,1-2H3,(H2,43,44,48)/t36-,37-,38-,39+,41+/m0/s1. The molecule has 0 radical (unpaired) electrons. The number of esters is 1. The van der Waals surface area contributed by atoms with Gasteiger partial charge in [0.2, 0.25) is 0 Å². The van der Waals surface area contributed by atoms with Crippen LogP contribution in [0.4, 0.5) is 4.79 Å². The average molecular weight is 708 g/mol. The Kier molecular flexibility index (Phi) is 13.1. The Bertz CT molecular complexity index is 1750. The average Bonchev–Trinajstić information content (AvgIpc) is 3.63. The summed E-state index contributed by atoms with van der Waals surface area (Å²) in [6.45, 7) is 2.80. The van der Waals surface area contributed by atoms with E-state index in [2.05, 4.69) is 27.7 Å². The molecule has 0 bridgehead atoms. The Hall–Kier alpha value is -4.58. The van der Waals surface area contributed by atoms with E-state index >= 15 is 0 Å². The zero-order chi connectivity index (χ0) is 36.3. The van der Waals surface area contributed by atoms with E-state index < -0.39 is 24.3 Å². The normalized spacial score (nSPS) is 21.0. The molecular formula is C42H49N3O7. The van der Waals surface area contributed by atoms with E-state index in [1.807, 2.05) is 91.0 Å². The van der Waals surface area contributed by atoms with Gasteiger partial charge >= 0.3 is 12.0 Å². The zero-order valence-electron chi connectivity index (χ0n) is 29.9. The van der Waals surface area contributed by atoms with E-state index in [0.717, 1.165) is 71.3 Å². The minimum absolute atomic E-state index is 0.00210. The first kappa shape index (κ1) is 37.2. The Balaban J connectivity index is 1.14. The van der Waals surface area contributed by atoms with Gasteiger partial charge in [-0.05, 0) is 64.9 Å². The number of methoxy groups -OCH3 is 2. The summed E-state index contributed by atoms with van der Waals surface area (Å²) in [5.74, 6) is -0.504. The molecule has 4 aromatic rings. The van der Waals surface area contributed by atoms with Gasteiger partial charge < -0.3 is 34.7 Å². The van der Waals surface area contributed by atoms with Crippen LogP contribution in [-0.2, 0) is 43.3 Å². The maximum atomic E-state index is 12.9. The Labute approximate surface area is 306 Å². The largest absolute Gasteiger partial charge is 0.467 e. The second kappa shape index (κ2) is 18.3. The number of carbonyl (C=O) groups is 2. The molecule has 0 aliphatic carbocycles. The van der Waals surface area contributed by atoms with Crippen molar-refractivity contribution < 1.29 is 33.6 Å². The van der Waals surface area contributed by atoms with Gasteiger partial charge in [0, 0.05) is 44.6 Å². The fourth-order valence-corrected chi connectivity index (χ4v) is 7.11. The summed E-state index contributed by atoms with van der Waals surface area (Å²) in [7, 11) is 3.07. The summed E-state index contributed by atoms with van der Waals surface area (Å²) < 4.78 is 23.8. The molecule has 2 fully saturated rings. The van der Waals surface area contributed by atoms with Gasteiger partial charge in [-0.15, -0.1) is 0 Å². The summed E-state index contributed by atoms with van der Waals surface area (Å²) in [5.41, 5.74) is 6.65. The van der Waals surface area contributed by atoms with Crippen LogP contribution >= 0.6 is 0 Å². The summed E-state index contributed by atoms with van der Waals surface area (Å²) in [6.07, 6.45) is 2.53. The van der Waals surface area contributed by atoms with Crippen LogP contribution in [0.2, 0.25) is 0 Å². The number of nitrogens with zero attached hydrogens (tertiary/aromatic N) is 1. The Morgan fingerprint density at radius 2 is 1.62 bits per heavy atom. The van der Waals surface area contributed by atoms with E-state index in [-0.39, 0.29) is 25.4 Å². The van der Waals surface area contributed by atoms with E-state index in [9.17, 15) is 14.7 Å². The smallest absolute Gasteiger partial charge is 0.328 e. The quantitative estimate of drug-likeness (QED) is 0.135. The van der Waals surface area contributed by atoms with Gasteiger partial charge in [-0.25, -0.2) is 9.59 Å². The molecule has 2 aliphatic rings. The molecule has 10 nitrogen and oxygen atoms in total. The number of benzene rings is 4. The van der Waals surface area contributed by atoms with Gasteiger partial charge in [-0.2, -0.15) is 0 Å². The predicted molar refractivity (Wildman–Crippen MR) is 198 cm³/mol. The third-order valence-electron chi connectivity index (χ3n) is 9.86. The molecule has 3 N–H and O–H groups in total. The van der Waals surface area contributed by atoms with Gasteiger partial charge in [-0.3, -0.25) is 4.90 Å². The Morgan fingerprint density at radius 3 is 2.37 bits per heavy atom. The van der Waals surface area contributed by atoms with Gasteiger partial charge in [0.1, 0.15) is 6.04 Å². The lowest BCUT2D eigenvalue weighted by Gasteiger charge is -2.39. The lowest BCUT2D eigenvalue weighted by molar-refractivity contribution is -0.253. The van der Waals surface area contributed by atoms with Crippen LogP contribution in [0.1, 0.15) is 59.5 Å². The highest BCUT2D eigenvalue weighted by Crippen LogP contribution is 2.39. The summed E-state index contributed by atoms with van der Waals surface area (Å²) in [4.78, 5) is 27.8. The SMILES string of the molecule is COC[C@@H]1CCCN1C[C@@H]1C[C@H](c2ccc(CO)cc2)O[C@H](c2cccc(-c3cccc(CNC(=O)N[C@@H](Cc4ccccc4)C(=O)OC)c3)c2)O1. The van der Waals surface area contributed by atoms with Crippen LogP contribution in [0.15, 0.2) is 103 Å². The number of aliphatic hydroxyl groups is 1. The van der Waals surface area contributed by atoms with Crippen LogP contribution in [0, 0.1) is 0 Å². The van der Waals surface area contributed by atoms with Crippen molar-refractivity contribution in [1.29, 1.82) is 0 Å². The molecule has 2 amide bonds. The number of carbonyl (C=O) groups excluding carboxylic acids is 2. The number of amides is 2. The topological polar surface area (TPSA) is 119 Å². The zero-order valence-corrected chi connectivity index (χ0v) is 29.9. The highest BCUT2D eigenvalue weighted by Gasteiger charge is 2.35. The fourth-order valence-electron chi connectivity index (χ4n) is 7.11. The summed E-state index contributed by atoms with van der Waals surface area (Å²) in [5, 5.41) is 15.2. The number of ether oxygens (including phenoxy) is 4. The maximum Gasteiger partial charge on any atom is 0.328 e. The Morgan fingerprint density at radius 1 is 0.865 bits per heavy atom. The molecule has 0 saturated carbocycles. The maximum absolute atomic E-state index is 12.9. The molecule has 274 valence electrons. The van der Waals surface area contributed by atoms with Crippen molar-refractivity contribution in [3.05, 3.63) is 131 Å². The first-order valence-corrected chi connectivity index (χ1v) is 18.0. The van der Waals surface area contributed by atoms with E-state index in [4.69, 9.17) is 18.9 Å².